The summed E-state index contributed by atoms with van der Waals surface area (Å²) in [5.41, 5.74) is 5.90. The summed E-state index contributed by atoms with van der Waals surface area (Å²) in [7, 11) is -1.56. The van der Waals surface area contributed by atoms with E-state index >= 15 is 0 Å². The molecule has 0 spiro atoms. The molecule has 2 rings (SSSR count). The van der Waals surface area contributed by atoms with E-state index in [4.69, 9.17) is 10.5 Å². The zero-order valence-electron chi connectivity index (χ0n) is 14.5. The predicted octanol–water partition coefficient (Wildman–Crippen LogP) is 1.97. The van der Waals surface area contributed by atoms with Crippen LogP contribution >= 0.6 is 23.7 Å². The van der Waals surface area contributed by atoms with Gasteiger partial charge in [0.15, 0.2) is 9.84 Å². The summed E-state index contributed by atoms with van der Waals surface area (Å²) in [6, 6.07) is 6.36. The van der Waals surface area contributed by atoms with Crippen molar-refractivity contribution in [2.75, 3.05) is 26.5 Å². The van der Waals surface area contributed by atoms with Crippen molar-refractivity contribution in [1.82, 2.24) is 9.88 Å². The molecule has 0 unspecified atom stereocenters. The number of ether oxygens (including phenoxy) is 1. The van der Waals surface area contributed by atoms with E-state index in [1.165, 1.54) is 23.5 Å². The van der Waals surface area contributed by atoms with E-state index in [1.807, 2.05) is 0 Å². The number of amides is 1. The number of sulfone groups is 1. The van der Waals surface area contributed by atoms with E-state index in [0.717, 1.165) is 11.3 Å². The molecular formula is C16H22ClN3O4S2. The van der Waals surface area contributed by atoms with E-state index in [9.17, 15) is 13.2 Å². The van der Waals surface area contributed by atoms with Crippen LogP contribution in [-0.4, -0.2) is 50.7 Å². The number of nitrogens with two attached hydrogens (primary N) is 1. The molecule has 1 heterocycles. The molecule has 0 aliphatic carbocycles. The van der Waals surface area contributed by atoms with Crippen LogP contribution in [0, 0.1) is 0 Å². The van der Waals surface area contributed by atoms with Crippen LogP contribution in [0.3, 0.4) is 0 Å². The molecule has 1 aromatic carbocycles. The average molecular weight is 420 g/mol. The quantitative estimate of drug-likeness (QED) is 0.656. The van der Waals surface area contributed by atoms with Gasteiger partial charge in [-0.1, -0.05) is 6.07 Å². The van der Waals surface area contributed by atoms with Crippen molar-refractivity contribution in [3.8, 4) is 5.75 Å². The van der Waals surface area contributed by atoms with Gasteiger partial charge < -0.3 is 15.4 Å². The van der Waals surface area contributed by atoms with Crippen molar-refractivity contribution in [3.05, 3.63) is 40.3 Å². The highest BCUT2D eigenvalue weighted by Gasteiger charge is 2.15. The van der Waals surface area contributed by atoms with Gasteiger partial charge in [-0.3, -0.25) is 4.79 Å². The fourth-order valence-corrected chi connectivity index (χ4v) is 3.39. The minimum Gasteiger partial charge on any atom is -0.493 e. The van der Waals surface area contributed by atoms with Crippen LogP contribution in [0.4, 0.5) is 0 Å². The van der Waals surface area contributed by atoms with E-state index in [0.29, 0.717) is 37.6 Å². The van der Waals surface area contributed by atoms with Crippen molar-refractivity contribution in [3.63, 3.8) is 0 Å². The Morgan fingerprint density at radius 3 is 2.73 bits per heavy atom. The molecule has 26 heavy (non-hydrogen) atoms. The van der Waals surface area contributed by atoms with Crippen LogP contribution in [0.15, 0.2) is 34.5 Å². The van der Waals surface area contributed by atoms with Crippen molar-refractivity contribution in [1.29, 1.82) is 0 Å². The number of nitrogens with zero attached hydrogens (tertiary/aromatic N) is 2. The highest BCUT2D eigenvalue weighted by molar-refractivity contribution is 7.90. The van der Waals surface area contributed by atoms with Crippen LogP contribution in [-0.2, 0) is 16.4 Å². The molecule has 7 nitrogen and oxygen atoms in total. The smallest absolute Gasteiger partial charge is 0.273 e. The Morgan fingerprint density at radius 1 is 1.38 bits per heavy atom. The summed E-state index contributed by atoms with van der Waals surface area (Å²) in [5, 5.41) is 2.43. The fourth-order valence-electron chi connectivity index (χ4n) is 2.09. The van der Waals surface area contributed by atoms with Gasteiger partial charge in [0.2, 0.25) is 0 Å². The van der Waals surface area contributed by atoms with Gasteiger partial charge in [0.05, 0.1) is 11.5 Å². The van der Waals surface area contributed by atoms with Crippen LogP contribution < -0.4 is 10.5 Å². The summed E-state index contributed by atoms with van der Waals surface area (Å²) in [6.07, 6.45) is 1.76. The molecule has 0 atom stereocenters. The first-order valence-corrected chi connectivity index (χ1v) is 10.4. The molecule has 1 aromatic heterocycles. The zero-order valence-corrected chi connectivity index (χ0v) is 17.0. The van der Waals surface area contributed by atoms with Crippen molar-refractivity contribution in [2.45, 2.75) is 17.9 Å². The number of carbonyl (C=O) groups is 1. The van der Waals surface area contributed by atoms with Gasteiger partial charge in [-0.2, -0.15) is 0 Å². The predicted molar refractivity (Wildman–Crippen MR) is 104 cm³/mol. The number of benzene rings is 1. The lowest BCUT2D eigenvalue weighted by atomic mass is 10.3. The third-order valence-electron chi connectivity index (χ3n) is 3.43. The molecule has 144 valence electrons. The number of thiazole rings is 1. The molecule has 0 fully saturated rings. The first-order valence-electron chi connectivity index (χ1n) is 7.64. The van der Waals surface area contributed by atoms with E-state index in [1.54, 1.807) is 29.5 Å². The monoisotopic (exact) mass is 419 g/mol. The Morgan fingerprint density at radius 2 is 2.12 bits per heavy atom. The fraction of sp³-hybridized carbons (Fsp3) is 0.375. The van der Waals surface area contributed by atoms with Crippen molar-refractivity contribution in [2.24, 2.45) is 5.73 Å². The van der Waals surface area contributed by atoms with Gasteiger partial charge >= 0.3 is 0 Å². The Bertz CT molecular complexity index is 840. The van der Waals surface area contributed by atoms with Crippen molar-refractivity contribution >= 4 is 39.5 Å². The number of aromatic nitrogens is 1. The lowest BCUT2D eigenvalue weighted by Gasteiger charge is -2.16. The SMILES string of the molecule is CN(CCCOc1cccc(S(C)(=O)=O)c1)C(=O)c1csc(CN)n1.Cl. The van der Waals surface area contributed by atoms with Gasteiger partial charge in [0.1, 0.15) is 16.5 Å². The minimum atomic E-state index is -3.26. The third-order valence-corrected chi connectivity index (χ3v) is 5.41. The Labute approximate surface area is 163 Å². The molecular weight excluding hydrogens is 398 g/mol. The summed E-state index contributed by atoms with van der Waals surface area (Å²) >= 11 is 1.37. The maximum Gasteiger partial charge on any atom is 0.273 e. The lowest BCUT2D eigenvalue weighted by Crippen LogP contribution is -2.29. The van der Waals surface area contributed by atoms with Gasteiger partial charge in [0, 0.05) is 31.8 Å². The van der Waals surface area contributed by atoms with Crippen LogP contribution in [0.25, 0.3) is 0 Å². The summed E-state index contributed by atoms with van der Waals surface area (Å²) in [5.74, 6) is 0.332. The Kier molecular flexibility index (Phi) is 8.48. The molecule has 0 bridgehead atoms. The Hall–Kier alpha value is -1.68. The Balaban J connectivity index is 0.00000338. The molecule has 10 heteroatoms. The van der Waals surface area contributed by atoms with Gasteiger partial charge in [0.25, 0.3) is 5.91 Å². The molecule has 2 aromatic rings. The first-order chi connectivity index (χ1) is 11.8. The average Bonchev–Trinajstić information content (AvgIpc) is 3.06. The maximum atomic E-state index is 12.2. The number of hydrogen-bond acceptors (Lipinski definition) is 7. The molecule has 0 aliphatic heterocycles. The summed E-state index contributed by atoms with van der Waals surface area (Å²) in [4.78, 5) is 18.2. The molecule has 0 saturated heterocycles. The molecule has 0 radical (unpaired) electrons. The molecule has 2 N–H and O–H groups in total. The second kappa shape index (κ2) is 9.86. The molecule has 0 saturated carbocycles. The second-order valence-corrected chi connectivity index (χ2v) is 8.46. The van der Waals surface area contributed by atoms with Gasteiger partial charge in [-0.25, -0.2) is 13.4 Å². The number of carbonyl (C=O) groups excluding carboxylic acids is 1. The lowest BCUT2D eigenvalue weighted by molar-refractivity contribution is 0.0782. The largest absolute Gasteiger partial charge is 0.493 e. The topological polar surface area (TPSA) is 103 Å². The number of halogens is 1. The number of rotatable bonds is 8. The van der Waals surface area contributed by atoms with Crippen LogP contribution in [0.1, 0.15) is 21.9 Å². The van der Waals surface area contributed by atoms with E-state index in [-0.39, 0.29) is 23.2 Å². The van der Waals surface area contributed by atoms with Crippen LogP contribution in [0.5, 0.6) is 5.75 Å². The van der Waals surface area contributed by atoms with Gasteiger partial charge in [-0.05, 0) is 24.6 Å². The molecule has 0 aliphatic rings. The standard InChI is InChI=1S/C16H21N3O4S2.ClH/c1-19(16(20)14-11-24-15(10-17)18-14)7-4-8-23-12-5-3-6-13(9-12)25(2,21)22;/h3,5-6,9,11H,4,7-8,10,17H2,1-2H3;1H. The number of hydrogen-bond donors (Lipinski definition) is 1. The highest BCUT2D eigenvalue weighted by atomic mass is 35.5. The van der Waals surface area contributed by atoms with Crippen LogP contribution in [0.2, 0.25) is 0 Å². The summed E-state index contributed by atoms with van der Waals surface area (Å²) in [6.45, 7) is 1.19. The maximum absolute atomic E-state index is 12.2. The normalized spacial score (nSPS) is 10.9. The third kappa shape index (κ3) is 6.24. The first kappa shape index (κ1) is 22.4. The summed E-state index contributed by atoms with van der Waals surface area (Å²) < 4.78 is 28.6. The second-order valence-electron chi connectivity index (χ2n) is 5.51. The van der Waals surface area contributed by atoms with Gasteiger partial charge in [-0.15, -0.1) is 23.7 Å². The van der Waals surface area contributed by atoms with Crippen molar-refractivity contribution < 1.29 is 17.9 Å². The minimum absolute atomic E-state index is 0. The zero-order chi connectivity index (χ0) is 18.4. The van der Waals surface area contributed by atoms with E-state index in [2.05, 4.69) is 4.98 Å². The highest BCUT2D eigenvalue weighted by Crippen LogP contribution is 2.17. The van der Waals surface area contributed by atoms with E-state index < -0.39 is 9.84 Å². The molecule has 1 amide bonds.